The van der Waals surface area contributed by atoms with Gasteiger partial charge in [0.05, 0.1) is 18.3 Å². The number of nitriles is 1. The van der Waals surface area contributed by atoms with Crippen molar-refractivity contribution in [3.63, 3.8) is 0 Å². The van der Waals surface area contributed by atoms with Crippen LogP contribution < -0.4 is 5.32 Å². The molecular weight excluding hydrogens is 238 g/mol. The zero-order chi connectivity index (χ0) is 12.9. The maximum Gasteiger partial charge on any atom is 0.122 e. The predicted octanol–water partition coefficient (Wildman–Crippen LogP) is 1.27. The van der Waals surface area contributed by atoms with Gasteiger partial charge in [0.25, 0.3) is 0 Å². The fourth-order valence-corrected chi connectivity index (χ4v) is 3.80. The van der Waals surface area contributed by atoms with E-state index in [2.05, 4.69) is 16.3 Å². The number of hydrogen-bond acceptors (Lipinski definition) is 4. The molecule has 4 rings (SSSR count). The standard InChI is InChI=1S/C15H23N3O/c16-9-15(11-1-2-11,17-12-3-4-12)10-18-7-13-5-6-14(8-18)19-13/h11-14,17H,1-8,10H2. The van der Waals surface area contributed by atoms with Crippen LogP contribution in [0, 0.1) is 17.2 Å². The lowest BCUT2D eigenvalue weighted by molar-refractivity contribution is -0.0445. The van der Waals surface area contributed by atoms with Crippen molar-refractivity contribution in [3.8, 4) is 6.07 Å². The van der Waals surface area contributed by atoms with Crippen molar-refractivity contribution in [2.75, 3.05) is 19.6 Å². The molecule has 0 spiro atoms. The third kappa shape index (κ3) is 2.40. The molecule has 0 aromatic rings. The Balaban J connectivity index is 1.46. The van der Waals surface area contributed by atoms with Crippen LogP contribution in [-0.2, 0) is 4.74 Å². The van der Waals surface area contributed by atoms with Crippen molar-refractivity contribution in [1.82, 2.24) is 10.2 Å². The molecule has 19 heavy (non-hydrogen) atoms. The van der Waals surface area contributed by atoms with Crippen LogP contribution in [0.1, 0.15) is 38.5 Å². The van der Waals surface area contributed by atoms with E-state index in [1.165, 1.54) is 38.5 Å². The molecule has 2 saturated carbocycles. The topological polar surface area (TPSA) is 48.3 Å². The smallest absolute Gasteiger partial charge is 0.122 e. The summed E-state index contributed by atoms with van der Waals surface area (Å²) < 4.78 is 5.90. The number of fused-ring (bicyclic) bond motifs is 2. The van der Waals surface area contributed by atoms with Crippen LogP contribution in [0.3, 0.4) is 0 Å². The number of ether oxygens (including phenoxy) is 1. The number of morpholine rings is 1. The molecule has 1 N–H and O–H groups in total. The molecule has 4 heteroatoms. The van der Waals surface area contributed by atoms with Crippen LogP contribution in [0.5, 0.6) is 0 Å². The Morgan fingerprint density at radius 1 is 1.11 bits per heavy atom. The van der Waals surface area contributed by atoms with Gasteiger partial charge in [-0.1, -0.05) is 0 Å². The lowest BCUT2D eigenvalue weighted by atomic mass is 9.93. The van der Waals surface area contributed by atoms with E-state index in [4.69, 9.17) is 4.74 Å². The molecule has 0 aromatic carbocycles. The molecule has 4 nitrogen and oxygen atoms in total. The molecule has 104 valence electrons. The minimum Gasteiger partial charge on any atom is -0.372 e. The second-order valence-corrected chi connectivity index (χ2v) is 6.93. The molecule has 3 unspecified atom stereocenters. The maximum absolute atomic E-state index is 9.77. The quantitative estimate of drug-likeness (QED) is 0.810. The zero-order valence-electron chi connectivity index (χ0n) is 11.5. The predicted molar refractivity (Wildman–Crippen MR) is 71.6 cm³/mol. The van der Waals surface area contributed by atoms with Gasteiger partial charge in [-0.15, -0.1) is 0 Å². The SMILES string of the molecule is N#CC(CN1CC2CCC(C1)O2)(NC1CC1)C1CC1. The summed E-state index contributed by atoms with van der Waals surface area (Å²) in [4.78, 5) is 2.49. The normalized spacial score (nSPS) is 37.8. The Kier molecular flexibility index (Phi) is 2.84. The molecule has 2 aliphatic carbocycles. The van der Waals surface area contributed by atoms with Gasteiger partial charge in [-0.2, -0.15) is 5.26 Å². The number of likely N-dealkylation sites (tertiary alicyclic amines) is 1. The van der Waals surface area contributed by atoms with E-state index in [0.717, 1.165) is 19.6 Å². The third-order valence-electron chi connectivity index (χ3n) is 5.11. The molecule has 0 radical (unpaired) electrons. The third-order valence-corrected chi connectivity index (χ3v) is 5.11. The molecule has 4 aliphatic rings. The molecule has 0 aromatic heterocycles. The van der Waals surface area contributed by atoms with Gasteiger partial charge in [0, 0.05) is 25.7 Å². The van der Waals surface area contributed by atoms with Gasteiger partial charge in [0.1, 0.15) is 5.54 Å². The van der Waals surface area contributed by atoms with Crippen molar-refractivity contribution in [2.45, 2.75) is 62.3 Å². The highest BCUT2D eigenvalue weighted by atomic mass is 16.5. The number of nitrogens with zero attached hydrogens (tertiary/aromatic N) is 2. The Morgan fingerprint density at radius 2 is 1.79 bits per heavy atom. The molecule has 4 fully saturated rings. The van der Waals surface area contributed by atoms with E-state index in [0.29, 0.717) is 24.2 Å². The first-order valence-electron chi connectivity index (χ1n) is 7.84. The molecular formula is C15H23N3O. The first kappa shape index (κ1) is 12.1. The number of rotatable bonds is 5. The molecule has 2 bridgehead atoms. The summed E-state index contributed by atoms with van der Waals surface area (Å²) in [7, 11) is 0. The van der Waals surface area contributed by atoms with Crippen LogP contribution in [0.25, 0.3) is 0 Å². The Hall–Kier alpha value is -0.630. The van der Waals surface area contributed by atoms with Crippen LogP contribution >= 0.6 is 0 Å². The van der Waals surface area contributed by atoms with Crippen LogP contribution in [0.2, 0.25) is 0 Å². The van der Waals surface area contributed by atoms with Crippen molar-refractivity contribution in [1.29, 1.82) is 5.26 Å². The highest BCUT2D eigenvalue weighted by Gasteiger charge is 2.50. The number of hydrogen-bond donors (Lipinski definition) is 1. The Bertz CT molecular complexity index is 387. The first-order valence-corrected chi connectivity index (χ1v) is 7.84. The van der Waals surface area contributed by atoms with Gasteiger partial charge in [0.2, 0.25) is 0 Å². The molecule has 2 heterocycles. The fourth-order valence-electron chi connectivity index (χ4n) is 3.80. The average Bonchev–Trinajstić information content (AvgIpc) is 3.29. The summed E-state index contributed by atoms with van der Waals surface area (Å²) in [6.07, 6.45) is 8.23. The van der Waals surface area contributed by atoms with Crippen molar-refractivity contribution < 1.29 is 4.74 Å². The minimum absolute atomic E-state index is 0.280. The van der Waals surface area contributed by atoms with E-state index in [9.17, 15) is 5.26 Å². The minimum atomic E-state index is -0.280. The van der Waals surface area contributed by atoms with E-state index in [1.54, 1.807) is 0 Å². The maximum atomic E-state index is 9.77. The van der Waals surface area contributed by atoms with E-state index < -0.39 is 0 Å². The number of nitrogens with one attached hydrogen (secondary N) is 1. The lowest BCUT2D eigenvalue weighted by Crippen LogP contribution is -2.58. The summed E-state index contributed by atoms with van der Waals surface area (Å²) in [5.41, 5.74) is -0.280. The molecule has 0 amide bonds. The summed E-state index contributed by atoms with van der Waals surface area (Å²) in [5.74, 6) is 0.582. The Morgan fingerprint density at radius 3 is 2.32 bits per heavy atom. The monoisotopic (exact) mass is 261 g/mol. The lowest BCUT2D eigenvalue weighted by Gasteiger charge is -2.38. The van der Waals surface area contributed by atoms with Gasteiger partial charge in [-0.05, 0) is 44.4 Å². The molecule has 3 atom stereocenters. The van der Waals surface area contributed by atoms with E-state index >= 15 is 0 Å². The van der Waals surface area contributed by atoms with Gasteiger partial charge in [-0.25, -0.2) is 0 Å². The van der Waals surface area contributed by atoms with Gasteiger partial charge in [0.15, 0.2) is 0 Å². The van der Waals surface area contributed by atoms with Gasteiger partial charge in [-0.3, -0.25) is 10.2 Å². The summed E-state index contributed by atoms with van der Waals surface area (Å²) >= 11 is 0. The summed E-state index contributed by atoms with van der Waals surface area (Å²) in [6, 6.07) is 3.26. The van der Waals surface area contributed by atoms with Gasteiger partial charge >= 0.3 is 0 Å². The van der Waals surface area contributed by atoms with Crippen molar-refractivity contribution in [3.05, 3.63) is 0 Å². The Labute approximate surface area is 115 Å². The van der Waals surface area contributed by atoms with Crippen molar-refractivity contribution >= 4 is 0 Å². The molecule has 2 aliphatic heterocycles. The largest absolute Gasteiger partial charge is 0.372 e. The summed E-state index contributed by atoms with van der Waals surface area (Å²) in [6.45, 7) is 2.96. The highest BCUT2D eigenvalue weighted by molar-refractivity contribution is 5.19. The van der Waals surface area contributed by atoms with Crippen LogP contribution in [0.15, 0.2) is 0 Å². The average molecular weight is 261 g/mol. The fraction of sp³-hybridized carbons (Fsp3) is 0.933. The van der Waals surface area contributed by atoms with Crippen molar-refractivity contribution in [2.24, 2.45) is 5.92 Å². The van der Waals surface area contributed by atoms with Crippen LogP contribution in [-0.4, -0.2) is 48.3 Å². The highest BCUT2D eigenvalue weighted by Crippen LogP contribution is 2.42. The zero-order valence-corrected chi connectivity index (χ0v) is 11.5. The summed E-state index contributed by atoms with van der Waals surface area (Å²) in [5, 5.41) is 13.4. The molecule has 2 saturated heterocycles. The van der Waals surface area contributed by atoms with E-state index in [-0.39, 0.29) is 5.54 Å². The van der Waals surface area contributed by atoms with E-state index in [1.807, 2.05) is 0 Å². The first-order chi connectivity index (χ1) is 9.27. The second-order valence-electron chi connectivity index (χ2n) is 6.93. The van der Waals surface area contributed by atoms with Gasteiger partial charge < -0.3 is 4.74 Å². The second kappa shape index (κ2) is 4.44. The van der Waals surface area contributed by atoms with Crippen LogP contribution in [0.4, 0.5) is 0 Å².